The molecule has 0 aromatic carbocycles. The molecule has 0 radical (unpaired) electrons. The summed E-state index contributed by atoms with van der Waals surface area (Å²) in [5.41, 5.74) is 2.15. The molecule has 2 heterocycles. The zero-order valence-corrected chi connectivity index (χ0v) is 13.5. The molecule has 0 bridgehead atoms. The highest BCUT2D eigenvalue weighted by atomic mass is 16.5. The van der Waals surface area contributed by atoms with Crippen molar-refractivity contribution in [3.8, 4) is 0 Å². The predicted molar refractivity (Wildman–Crippen MR) is 85.9 cm³/mol. The Bertz CT molecular complexity index is 566. The average molecular weight is 304 g/mol. The number of hydrogen-bond donors (Lipinski definition) is 2. The van der Waals surface area contributed by atoms with E-state index in [0.29, 0.717) is 6.54 Å². The van der Waals surface area contributed by atoms with Gasteiger partial charge in [-0.2, -0.15) is 0 Å². The van der Waals surface area contributed by atoms with Crippen molar-refractivity contribution in [2.24, 2.45) is 4.99 Å². The number of nitrogens with one attached hydrogen (secondary N) is 2. The number of aliphatic imine (C=N–C) groups is 1. The Hall–Kier alpha value is -2.24. The second-order valence-corrected chi connectivity index (χ2v) is 4.92. The highest BCUT2D eigenvalue weighted by Crippen LogP contribution is 2.15. The zero-order valence-electron chi connectivity index (χ0n) is 13.5. The summed E-state index contributed by atoms with van der Waals surface area (Å²) in [4.78, 5) is 4.23. The lowest BCUT2D eigenvalue weighted by Gasteiger charge is -2.11. The van der Waals surface area contributed by atoms with Crippen molar-refractivity contribution in [1.82, 2.24) is 15.8 Å². The number of aromatic nitrogens is 1. The Labute approximate surface area is 131 Å². The molecule has 6 nitrogen and oxygen atoms in total. The van der Waals surface area contributed by atoms with Crippen LogP contribution in [0.15, 0.2) is 32.3 Å². The minimum absolute atomic E-state index is 0.663. The lowest BCUT2D eigenvalue weighted by atomic mass is 10.1. The van der Waals surface area contributed by atoms with Gasteiger partial charge in [-0.05, 0) is 18.6 Å². The van der Waals surface area contributed by atoms with Gasteiger partial charge in [-0.1, -0.05) is 19.0 Å². The van der Waals surface area contributed by atoms with Crippen LogP contribution in [0.2, 0.25) is 0 Å². The van der Waals surface area contributed by atoms with Crippen LogP contribution in [0.4, 0.5) is 0 Å². The van der Waals surface area contributed by atoms with Crippen LogP contribution >= 0.6 is 0 Å². The molecule has 2 N–H and O–H groups in total. The van der Waals surface area contributed by atoms with Crippen molar-refractivity contribution < 1.29 is 8.94 Å². The van der Waals surface area contributed by atoms with Crippen LogP contribution in [0.3, 0.4) is 0 Å². The standard InChI is InChI=1S/C16H24N4O2/c1-4-14-13(15(5-2)22-20-14)11-19-16(17-3)18-9-8-12-7-6-10-21-12/h6-7,10H,4-5,8-9,11H2,1-3H3,(H2,17,18,19). The maximum absolute atomic E-state index is 5.37. The van der Waals surface area contributed by atoms with E-state index < -0.39 is 0 Å². The Morgan fingerprint density at radius 3 is 2.77 bits per heavy atom. The maximum Gasteiger partial charge on any atom is 0.191 e. The van der Waals surface area contributed by atoms with Gasteiger partial charge in [0.15, 0.2) is 5.96 Å². The van der Waals surface area contributed by atoms with Gasteiger partial charge in [-0.3, -0.25) is 4.99 Å². The molecule has 0 aliphatic rings. The normalized spacial score (nSPS) is 11.7. The number of aryl methyl sites for hydroxylation is 2. The molecule has 0 atom stereocenters. The molecule has 0 aliphatic heterocycles. The molecule has 0 saturated heterocycles. The second-order valence-electron chi connectivity index (χ2n) is 4.92. The van der Waals surface area contributed by atoms with E-state index in [9.17, 15) is 0 Å². The third-order valence-electron chi connectivity index (χ3n) is 3.51. The summed E-state index contributed by atoms with van der Waals surface area (Å²) < 4.78 is 10.7. The predicted octanol–water partition coefficient (Wildman–Crippen LogP) is 2.30. The second kappa shape index (κ2) is 8.26. The van der Waals surface area contributed by atoms with E-state index in [1.54, 1.807) is 13.3 Å². The molecule has 0 saturated carbocycles. The molecular formula is C16H24N4O2. The molecule has 2 aromatic heterocycles. The lowest BCUT2D eigenvalue weighted by Crippen LogP contribution is -2.38. The summed E-state index contributed by atoms with van der Waals surface area (Å²) in [6, 6.07) is 3.86. The minimum Gasteiger partial charge on any atom is -0.469 e. The fraction of sp³-hybridized carbons (Fsp3) is 0.500. The first-order valence-electron chi connectivity index (χ1n) is 7.71. The van der Waals surface area contributed by atoms with Gasteiger partial charge >= 0.3 is 0 Å². The third kappa shape index (κ3) is 4.13. The van der Waals surface area contributed by atoms with Crippen molar-refractivity contribution in [2.45, 2.75) is 39.7 Å². The van der Waals surface area contributed by atoms with Gasteiger partial charge in [0.1, 0.15) is 11.5 Å². The van der Waals surface area contributed by atoms with Gasteiger partial charge in [0.05, 0.1) is 12.0 Å². The quantitative estimate of drug-likeness (QED) is 0.606. The minimum atomic E-state index is 0.663. The molecule has 0 fully saturated rings. The fourth-order valence-electron chi connectivity index (χ4n) is 2.29. The summed E-state index contributed by atoms with van der Waals surface area (Å²) >= 11 is 0. The van der Waals surface area contributed by atoms with Crippen LogP contribution in [-0.4, -0.2) is 24.7 Å². The van der Waals surface area contributed by atoms with Crippen LogP contribution in [0.5, 0.6) is 0 Å². The summed E-state index contributed by atoms with van der Waals surface area (Å²) in [5.74, 6) is 2.66. The maximum atomic E-state index is 5.37. The average Bonchev–Trinajstić information content (AvgIpc) is 3.19. The topological polar surface area (TPSA) is 75.6 Å². The smallest absolute Gasteiger partial charge is 0.191 e. The molecular weight excluding hydrogens is 280 g/mol. The van der Waals surface area contributed by atoms with Crippen LogP contribution in [0, 0.1) is 0 Å². The largest absolute Gasteiger partial charge is 0.469 e. The van der Waals surface area contributed by atoms with Gasteiger partial charge < -0.3 is 19.6 Å². The number of nitrogens with zero attached hydrogens (tertiary/aromatic N) is 2. The Morgan fingerprint density at radius 2 is 2.14 bits per heavy atom. The highest BCUT2D eigenvalue weighted by molar-refractivity contribution is 5.79. The van der Waals surface area contributed by atoms with Crippen LogP contribution in [0.1, 0.15) is 36.6 Å². The van der Waals surface area contributed by atoms with E-state index >= 15 is 0 Å². The number of furan rings is 1. The van der Waals surface area contributed by atoms with Gasteiger partial charge in [-0.15, -0.1) is 0 Å². The van der Waals surface area contributed by atoms with E-state index in [2.05, 4.69) is 34.6 Å². The summed E-state index contributed by atoms with van der Waals surface area (Å²) in [6.07, 6.45) is 4.22. The molecule has 6 heteroatoms. The highest BCUT2D eigenvalue weighted by Gasteiger charge is 2.13. The van der Waals surface area contributed by atoms with Crippen molar-refractivity contribution in [2.75, 3.05) is 13.6 Å². The van der Waals surface area contributed by atoms with Crippen molar-refractivity contribution >= 4 is 5.96 Å². The van der Waals surface area contributed by atoms with E-state index in [1.807, 2.05) is 12.1 Å². The Kier molecular flexibility index (Phi) is 6.06. The fourth-order valence-corrected chi connectivity index (χ4v) is 2.29. The van der Waals surface area contributed by atoms with Crippen molar-refractivity contribution in [3.63, 3.8) is 0 Å². The first kappa shape index (κ1) is 16.1. The van der Waals surface area contributed by atoms with Gasteiger partial charge in [-0.25, -0.2) is 0 Å². The molecule has 0 spiro atoms. The molecule has 0 aliphatic carbocycles. The van der Waals surface area contributed by atoms with Gasteiger partial charge in [0, 0.05) is 38.5 Å². The first-order chi connectivity index (χ1) is 10.8. The van der Waals surface area contributed by atoms with Crippen LogP contribution in [0.25, 0.3) is 0 Å². The third-order valence-corrected chi connectivity index (χ3v) is 3.51. The Balaban J connectivity index is 1.84. The molecule has 22 heavy (non-hydrogen) atoms. The number of hydrogen-bond acceptors (Lipinski definition) is 4. The van der Waals surface area contributed by atoms with Crippen molar-refractivity contribution in [1.29, 1.82) is 0 Å². The summed E-state index contributed by atoms with van der Waals surface area (Å²) in [7, 11) is 1.76. The summed E-state index contributed by atoms with van der Waals surface area (Å²) in [5, 5.41) is 10.7. The monoisotopic (exact) mass is 304 g/mol. The van der Waals surface area contributed by atoms with Gasteiger partial charge in [0.25, 0.3) is 0 Å². The van der Waals surface area contributed by atoms with Crippen LogP contribution in [-0.2, 0) is 25.8 Å². The van der Waals surface area contributed by atoms with E-state index in [0.717, 1.165) is 54.5 Å². The zero-order chi connectivity index (χ0) is 15.8. The van der Waals surface area contributed by atoms with E-state index in [-0.39, 0.29) is 0 Å². The molecule has 2 aromatic rings. The lowest BCUT2D eigenvalue weighted by molar-refractivity contribution is 0.380. The van der Waals surface area contributed by atoms with E-state index in [1.165, 1.54) is 0 Å². The van der Waals surface area contributed by atoms with Gasteiger partial charge in [0.2, 0.25) is 0 Å². The Morgan fingerprint density at radius 1 is 1.27 bits per heavy atom. The van der Waals surface area contributed by atoms with Crippen molar-refractivity contribution in [3.05, 3.63) is 41.2 Å². The van der Waals surface area contributed by atoms with E-state index in [4.69, 9.17) is 8.94 Å². The first-order valence-corrected chi connectivity index (χ1v) is 7.71. The SMILES string of the molecule is CCc1noc(CC)c1CNC(=NC)NCCc1ccco1. The molecule has 2 rings (SSSR count). The molecule has 0 unspecified atom stereocenters. The number of rotatable bonds is 7. The summed E-state index contributed by atoms with van der Waals surface area (Å²) in [6.45, 7) is 5.57. The molecule has 0 amide bonds. The van der Waals surface area contributed by atoms with Crippen LogP contribution < -0.4 is 10.6 Å². The molecule has 120 valence electrons. The number of guanidine groups is 1.